The van der Waals surface area contributed by atoms with E-state index in [9.17, 15) is 15.3 Å². The molecule has 4 fully saturated rings. The molecule has 1 saturated heterocycles. The van der Waals surface area contributed by atoms with Crippen molar-refractivity contribution in [1.82, 2.24) is 25.3 Å². The van der Waals surface area contributed by atoms with E-state index in [2.05, 4.69) is 58.7 Å². The van der Waals surface area contributed by atoms with Crippen molar-refractivity contribution in [2.45, 2.75) is 51.9 Å². The number of aromatic amines is 1. The highest BCUT2D eigenvalue weighted by molar-refractivity contribution is 5.90. The molecule has 1 aromatic carbocycles. The number of aromatic nitrogens is 2. The Morgan fingerprint density at radius 1 is 1.22 bits per heavy atom. The van der Waals surface area contributed by atoms with Gasteiger partial charge in [0.2, 0.25) is 12.3 Å². The van der Waals surface area contributed by atoms with Crippen LogP contribution in [0.25, 0.3) is 10.9 Å². The first kappa shape index (κ1) is 32.2. The van der Waals surface area contributed by atoms with Crippen molar-refractivity contribution in [3.05, 3.63) is 52.1 Å². The van der Waals surface area contributed by atoms with Gasteiger partial charge in [0.15, 0.2) is 0 Å². The van der Waals surface area contributed by atoms with Gasteiger partial charge in [-0.05, 0) is 56.4 Å². The highest BCUT2D eigenvalue weighted by Gasteiger charge is 2.81. The van der Waals surface area contributed by atoms with Crippen LogP contribution in [0.2, 0.25) is 0 Å². The third kappa shape index (κ3) is 4.63. The summed E-state index contributed by atoms with van der Waals surface area (Å²) in [4.78, 5) is 26.3. The van der Waals surface area contributed by atoms with Gasteiger partial charge >= 0.3 is 0 Å². The van der Waals surface area contributed by atoms with Crippen LogP contribution in [0.3, 0.4) is 0 Å². The SMILES string of the molecule is C=C(C#N)C(/C(C#N)=C(/C)N(C)C)c1cc2c(C34CC3C3CC3(C(=O)N3CCNCC3)C(C)C4C)[nH]nc2c(C)c1F.NC=O. The van der Waals surface area contributed by atoms with E-state index in [-0.39, 0.29) is 40.2 Å². The normalized spacial score (nSPS) is 30.6. The van der Waals surface area contributed by atoms with E-state index < -0.39 is 11.7 Å². The lowest BCUT2D eigenvalue weighted by Gasteiger charge is -2.42. The zero-order chi connectivity index (χ0) is 33.0. The molecule has 1 aromatic heterocycles. The average Bonchev–Trinajstić information content (AvgIpc) is 3.93. The zero-order valence-corrected chi connectivity index (χ0v) is 27.0. The van der Waals surface area contributed by atoms with E-state index in [4.69, 9.17) is 4.79 Å². The van der Waals surface area contributed by atoms with Crippen LogP contribution in [-0.4, -0.2) is 72.6 Å². The van der Waals surface area contributed by atoms with Gasteiger partial charge in [-0.3, -0.25) is 14.7 Å². The topological polar surface area (TPSA) is 155 Å². The molecule has 0 radical (unpaired) electrons. The number of fused-ring (bicyclic) bond motifs is 4. The van der Waals surface area contributed by atoms with Crippen LogP contribution in [0, 0.1) is 64.5 Å². The molecule has 10 nitrogen and oxygen atoms in total. The molecule has 238 valence electrons. The summed E-state index contributed by atoms with van der Waals surface area (Å²) >= 11 is 0. The van der Waals surface area contributed by atoms with Crippen LogP contribution >= 0.6 is 0 Å². The molecule has 7 atom stereocenters. The summed E-state index contributed by atoms with van der Waals surface area (Å²) < 4.78 is 16.1. The van der Waals surface area contributed by atoms with Gasteiger partial charge in [-0.15, -0.1) is 0 Å². The van der Waals surface area contributed by atoms with Crippen LogP contribution in [0.4, 0.5) is 4.39 Å². The van der Waals surface area contributed by atoms with Gasteiger partial charge in [-0.1, -0.05) is 20.4 Å². The number of halogens is 1. The fourth-order valence-corrected chi connectivity index (χ4v) is 8.73. The maximum absolute atomic E-state index is 16.1. The van der Waals surface area contributed by atoms with Crippen molar-refractivity contribution in [3.63, 3.8) is 0 Å². The number of amides is 2. The Labute approximate surface area is 264 Å². The molecular weight excluding hydrogens is 571 g/mol. The van der Waals surface area contributed by atoms with Gasteiger partial charge in [0.25, 0.3) is 0 Å². The Morgan fingerprint density at radius 2 is 1.87 bits per heavy atom. The van der Waals surface area contributed by atoms with Gasteiger partial charge in [-0.25, -0.2) is 4.39 Å². The van der Waals surface area contributed by atoms with Gasteiger partial charge < -0.3 is 20.9 Å². The molecule has 0 spiro atoms. The molecule has 6 rings (SSSR count). The van der Waals surface area contributed by atoms with E-state index in [1.54, 1.807) is 24.8 Å². The standard InChI is InChI=1S/C33H40FN7O.CH3NO/c1-17(15-35)27(24(16-36)21(5)40(6)7)22-12-23-29(18(2)28(22)34)38-39-30(23)32-13-25(32)26-14-33(26,20(4)19(32)3)31(42)41-10-8-37-9-11-41;2-1-3/h12,19-20,25-27,37H,1,8-11,13-14H2,2-7H3,(H,38,39);1H,(H2,2,3)/b24-21-;. The van der Waals surface area contributed by atoms with Crippen LogP contribution < -0.4 is 11.1 Å². The number of hydrogen-bond acceptors (Lipinski definition) is 7. The molecule has 45 heavy (non-hydrogen) atoms. The fraction of sp³-hybridized carbons (Fsp3) is 0.559. The maximum atomic E-state index is 16.1. The second-order valence-electron chi connectivity index (χ2n) is 13.4. The molecule has 7 unspecified atom stereocenters. The largest absolute Gasteiger partial charge is 0.380 e. The molecule has 11 heteroatoms. The van der Waals surface area contributed by atoms with Crippen LogP contribution in [0.1, 0.15) is 56.4 Å². The predicted octanol–water partition coefficient (Wildman–Crippen LogP) is 3.62. The van der Waals surface area contributed by atoms with E-state index in [0.717, 1.165) is 50.1 Å². The first-order chi connectivity index (χ1) is 21.4. The molecule has 4 aliphatic rings. The van der Waals surface area contributed by atoms with Crippen LogP contribution in [-0.2, 0) is 15.0 Å². The van der Waals surface area contributed by atoms with E-state index in [0.29, 0.717) is 40.1 Å². The van der Waals surface area contributed by atoms with Crippen molar-refractivity contribution < 1.29 is 14.0 Å². The predicted molar refractivity (Wildman–Crippen MR) is 169 cm³/mol. The lowest BCUT2D eigenvalue weighted by molar-refractivity contribution is -0.142. The van der Waals surface area contributed by atoms with Crippen LogP contribution in [0.5, 0.6) is 0 Å². The minimum absolute atomic E-state index is 0.117. The minimum atomic E-state index is -0.906. The molecule has 1 aliphatic heterocycles. The number of nitrogens with two attached hydrogens (primary N) is 1. The number of carbonyl (C=O) groups excluding carboxylic acids is 2. The summed E-state index contributed by atoms with van der Waals surface area (Å²) in [5.41, 5.74) is 7.01. The second kappa shape index (κ2) is 11.6. The summed E-state index contributed by atoms with van der Waals surface area (Å²) in [6, 6.07) is 6.13. The number of nitriles is 2. The number of primary amides is 1. The Kier molecular flexibility index (Phi) is 8.30. The monoisotopic (exact) mass is 614 g/mol. The maximum Gasteiger partial charge on any atom is 0.229 e. The number of rotatable bonds is 6. The van der Waals surface area contributed by atoms with Gasteiger partial charge in [0.1, 0.15) is 5.82 Å². The lowest BCUT2D eigenvalue weighted by atomic mass is 9.65. The molecule has 3 aliphatic carbocycles. The lowest BCUT2D eigenvalue weighted by Crippen LogP contribution is -2.52. The highest BCUT2D eigenvalue weighted by Crippen LogP contribution is 2.81. The number of nitrogens with one attached hydrogen (secondary N) is 2. The van der Waals surface area contributed by atoms with Crippen molar-refractivity contribution in [2.24, 2.45) is 34.8 Å². The Bertz CT molecular complexity index is 1680. The minimum Gasteiger partial charge on any atom is -0.380 e. The molecule has 3 saturated carbocycles. The van der Waals surface area contributed by atoms with Crippen LogP contribution in [0.15, 0.2) is 29.5 Å². The summed E-state index contributed by atoms with van der Waals surface area (Å²) in [5.74, 6) is 0.0745. The Morgan fingerprint density at radius 3 is 2.44 bits per heavy atom. The zero-order valence-electron chi connectivity index (χ0n) is 27.0. The number of carbonyl (C=O) groups is 2. The fourth-order valence-electron chi connectivity index (χ4n) is 8.73. The van der Waals surface area contributed by atoms with E-state index >= 15 is 4.39 Å². The molecule has 2 amide bonds. The molecule has 4 N–H and O–H groups in total. The Balaban J connectivity index is 0.00000128. The van der Waals surface area contributed by atoms with Gasteiger partial charge in [-0.2, -0.15) is 15.6 Å². The number of nitrogens with zero attached hydrogens (tertiary/aromatic N) is 5. The van der Waals surface area contributed by atoms with Crippen molar-refractivity contribution in [2.75, 3.05) is 40.3 Å². The van der Waals surface area contributed by atoms with Gasteiger partial charge in [0, 0.05) is 79.2 Å². The van der Waals surface area contributed by atoms with Crippen molar-refractivity contribution in [3.8, 4) is 12.1 Å². The average molecular weight is 615 g/mol. The summed E-state index contributed by atoms with van der Waals surface area (Å²) in [6.07, 6.45) is 2.16. The van der Waals surface area contributed by atoms with E-state index in [1.165, 1.54) is 0 Å². The number of piperazine rings is 1. The van der Waals surface area contributed by atoms with Crippen molar-refractivity contribution in [1.29, 1.82) is 10.5 Å². The van der Waals surface area contributed by atoms with Crippen molar-refractivity contribution >= 4 is 23.2 Å². The molecule has 2 heterocycles. The smallest absolute Gasteiger partial charge is 0.229 e. The number of aryl methyl sites for hydroxylation is 1. The molecule has 0 bridgehead atoms. The summed E-state index contributed by atoms with van der Waals surface area (Å²) in [5, 5.41) is 32.2. The summed E-state index contributed by atoms with van der Waals surface area (Å²) in [6.45, 7) is 15.2. The van der Waals surface area contributed by atoms with E-state index in [1.807, 2.05) is 14.1 Å². The first-order valence-corrected chi connectivity index (χ1v) is 15.6. The third-order valence-electron chi connectivity index (χ3n) is 11.6. The molecule has 2 aromatic rings. The first-order valence-electron chi connectivity index (χ1n) is 15.6. The number of hydrogen-bond donors (Lipinski definition) is 3. The number of H-pyrrole nitrogens is 1. The number of allylic oxidation sites excluding steroid dienone is 3. The quantitative estimate of drug-likeness (QED) is 0.332. The highest BCUT2D eigenvalue weighted by atomic mass is 19.1. The summed E-state index contributed by atoms with van der Waals surface area (Å²) in [7, 11) is 3.64. The third-order valence-corrected chi connectivity index (χ3v) is 11.6. The second-order valence-corrected chi connectivity index (χ2v) is 13.4. The number of benzene rings is 1. The Hall–Kier alpha value is -4.22. The molecular formula is C34H43FN8O2. The van der Waals surface area contributed by atoms with Gasteiger partial charge in [0.05, 0.1) is 34.6 Å².